The number of hydrogen-bond acceptors (Lipinski definition) is 3. The van der Waals surface area contributed by atoms with Gasteiger partial charge in [-0.3, -0.25) is 4.79 Å². The lowest BCUT2D eigenvalue weighted by molar-refractivity contribution is -0.129. The second-order valence-electron chi connectivity index (χ2n) is 6.31. The summed E-state index contributed by atoms with van der Waals surface area (Å²) in [4.78, 5) is 14.7. The van der Waals surface area contributed by atoms with Crippen LogP contribution in [0.25, 0.3) is 0 Å². The first-order valence-electron chi connectivity index (χ1n) is 7.31. The standard InChI is InChI=1S/C14H27N3O/c1-12(10-17-7-3-4-8-17)9-16-13(18)14(2)5-6-15-11-14/h12,15H,3-11H2,1-2H3,(H,16,18). The molecule has 0 radical (unpaired) electrons. The van der Waals surface area contributed by atoms with Crippen molar-refractivity contribution in [1.82, 2.24) is 15.5 Å². The van der Waals surface area contributed by atoms with Crippen molar-refractivity contribution in [2.24, 2.45) is 11.3 Å². The molecule has 2 unspecified atom stereocenters. The Morgan fingerprint density at radius 3 is 2.78 bits per heavy atom. The van der Waals surface area contributed by atoms with Crippen molar-refractivity contribution in [2.45, 2.75) is 33.1 Å². The van der Waals surface area contributed by atoms with Gasteiger partial charge in [0.2, 0.25) is 5.91 Å². The van der Waals surface area contributed by atoms with Gasteiger partial charge < -0.3 is 15.5 Å². The fraction of sp³-hybridized carbons (Fsp3) is 0.929. The molecule has 2 aliphatic rings. The van der Waals surface area contributed by atoms with Gasteiger partial charge >= 0.3 is 0 Å². The topological polar surface area (TPSA) is 44.4 Å². The molecule has 2 saturated heterocycles. The Balaban J connectivity index is 1.68. The lowest BCUT2D eigenvalue weighted by Crippen LogP contribution is -2.43. The van der Waals surface area contributed by atoms with Gasteiger partial charge in [0.15, 0.2) is 0 Å². The Morgan fingerprint density at radius 2 is 2.17 bits per heavy atom. The van der Waals surface area contributed by atoms with Crippen LogP contribution in [0.1, 0.15) is 33.1 Å². The van der Waals surface area contributed by atoms with Crippen molar-refractivity contribution in [3.63, 3.8) is 0 Å². The van der Waals surface area contributed by atoms with E-state index in [0.717, 1.165) is 32.6 Å². The molecule has 0 spiro atoms. The van der Waals surface area contributed by atoms with Gasteiger partial charge in [-0.1, -0.05) is 6.92 Å². The molecule has 0 bridgehead atoms. The highest BCUT2D eigenvalue weighted by atomic mass is 16.2. The Hall–Kier alpha value is -0.610. The van der Waals surface area contributed by atoms with E-state index in [9.17, 15) is 4.79 Å². The molecule has 2 aliphatic heterocycles. The normalized spacial score (nSPS) is 30.6. The van der Waals surface area contributed by atoms with Gasteiger partial charge in [0.1, 0.15) is 0 Å². The molecule has 2 rings (SSSR count). The second-order valence-corrected chi connectivity index (χ2v) is 6.31. The van der Waals surface area contributed by atoms with Crippen LogP contribution < -0.4 is 10.6 Å². The van der Waals surface area contributed by atoms with Gasteiger partial charge in [-0.15, -0.1) is 0 Å². The predicted molar refractivity (Wildman–Crippen MR) is 73.4 cm³/mol. The zero-order chi connectivity index (χ0) is 13.0. The lowest BCUT2D eigenvalue weighted by Gasteiger charge is -2.24. The molecule has 2 heterocycles. The van der Waals surface area contributed by atoms with Crippen molar-refractivity contribution in [3.05, 3.63) is 0 Å². The van der Waals surface area contributed by atoms with Gasteiger partial charge in [-0.05, 0) is 51.7 Å². The molecule has 104 valence electrons. The summed E-state index contributed by atoms with van der Waals surface area (Å²) in [5.41, 5.74) is -0.187. The lowest BCUT2D eigenvalue weighted by atomic mass is 9.88. The number of rotatable bonds is 5. The van der Waals surface area contributed by atoms with E-state index in [1.54, 1.807) is 0 Å². The average molecular weight is 253 g/mol. The van der Waals surface area contributed by atoms with E-state index >= 15 is 0 Å². The predicted octanol–water partition coefficient (Wildman–Crippen LogP) is 0.834. The fourth-order valence-corrected chi connectivity index (χ4v) is 2.96. The van der Waals surface area contributed by atoms with Gasteiger partial charge in [0, 0.05) is 19.6 Å². The van der Waals surface area contributed by atoms with Crippen LogP contribution in [0.2, 0.25) is 0 Å². The summed E-state index contributed by atoms with van der Waals surface area (Å²) >= 11 is 0. The Labute approximate surface area is 110 Å². The molecule has 18 heavy (non-hydrogen) atoms. The third-order valence-corrected chi connectivity index (χ3v) is 4.30. The molecule has 2 atom stereocenters. The Bertz CT molecular complexity index is 281. The quantitative estimate of drug-likeness (QED) is 0.763. The van der Waals surface area contributed by atoms with Crippen LogP contribution in [0.5, 0.6) is 0 Å². The van der Waals surface area contributed by atoms with Crippen LogP contribution in [0.15, 0.2) is 0 Å². The smallest absolute Gasteiger partial charge is 0.227 e. The molecule has 0 saturated carbocycles. The molecule has 1 amide bonds. The summed E-state index contributed by atoms with van der Waals surface area (Å²) in [6, 6.07) is 0. The highest BCUT2D eigenvalue weighted by Gasteiger charge is 2.36. The third-order valence-electron chi connectivity index (χ3n) is 4.30. The van der Waals surface area contributed by atoms with Gasteiger partial charge in [0.25, 0.3) is 0 Å². The van der Waals surface area contributed by atoms with Crippen molar-refractivity contribution in [2.75, 3.05) is 39.3 Å². The summed E-state index contributed by atoms with van der Waals surface area (Å²) < 4.78 is 0. The molecule has 2 fully saturated rings. The summed E-state index contributed by atoms with van der Waals surface area (Å²) in [7, 11) is 0. The van der Waals surface area contributed by atoms with Gasteiger partial charge in [-0.2, -0.15) is 0 Å². The van der Waals surface area contributed by atoms with Crippen LogP contribution in [-0.4, -0.2) is 50.1 Å². The minimum Gasteiger partial charge on any atom is -0.355 e. The highest BCUT2D eigenvalue weighted by Crippen LogP contribution is 2.24. The third kappa shape index (κ3) is 3.45. The molecule has 0 aromatic carbocycles. The van der Waals surface area contributed by atoms with Crippen LogP contribution >= 0.6 is 0 Å². The van der Waals surface area contributed by atoms with E-state index in [2.05, 4.69) is 29.4 Å². The molecule has 4 nitrogen and oxygen atoms in total. The number of hydrogen-bond donors (Lipinski definition) is 2. The molecule has 0 aliphatic carbocycles. The van der Waals surface area contributed by atoms with E-state index in [4.69, 9.17) is 0 Å². The van der Waals surface area contributed by atoms with Crippen molar-refractivity contribution in [3.8, 4) is 0 Å². The number of carbonyl (C=O) groups is 1. The number of nitrogens with zero attached hydrogens (tertiary/aromatic N) is 1. The maximum Gasteiger partial charge on any atom is 0.227 e. The number of carbonyl (C=O) groups excluding carboxylic acids is 1. The summed E-state index contributed by atoms with van der Waals surface area (Å²) in [5.74, 6) is 0.769. The number of nitrogens with one attached hydrogen (secondary N) is 2. The van der Waals surface area contributed by atoms with Crippen molar-refractivity contribution in [1.29, 1.82) is 0 Å². The maximum atomic E-state index is 12.1. The summed E-state index contributed by atoms with van der Waals surface area (Å²) in [6.07, 6.45) is 3.63. The number of amides is 1. The molecule has 0 aromatic heterocycles. The van der Waals surface area contributed by atoms with E-state index < -0.39 is 0 Å². The van der Waals surface area contributed by atoms with Crippen LogP contribution in [0.4, 0.5) is 0 Å². The second kappa shape index (κ2) is 6.02. The van der Waals surface area contributed by atoms with E-state index in [-0.39, 0.29) is 11.3 Å². The first-order valence-corrected chi connectivity index (χ1v) is 7.31. The highest BCUT2D eigenvalue weighted by molar-refractivity contribution is 5.82. The zero-order valence-electron chi connectivity index (χ0n) is 11.8. The Morgan fingerprint density at radius 1 is 1.44 bits per heavy atom. The van der Waals surface area contributed by atoms with E-state index in [1.807, 2.05) is 0 Å². The molecule has 2 N–H and O–H groups in total. The molecule has 0 aromatic rings. The minimum atomic E-state index is -0.187. The van der Waals surface area contributed by atoms with Gasteiger partial charge in [-0.25, -0.2) is 0 Å². The van der Waals surface area contributed by atoms with Crippen molar-refractivity contribution >= 4 is 5.91 Å². The van der Waals surface area contributed by atoms with Gasteiger partial charge in [0.05, 0.1) is 5.41 Å². The maximum absolute atomic E-state index is 12.1. The average Bonchev–Trinajstić information content (AvgIpc) is 2.98. The molecular weight excluding hydrogens is 226 g/mol. The van der Waals surface area contributed by atoms with Crippen LogP contribution in [0, 0.1) is 11.3 Å². The largest absolute Gasteiger partial charge is 0.355 e. The number of likely N-dealkylation sites (tertiary alicyclic amines) is 1. The van der Waals surface area contributed by atoms with E-state index in [0.29, 0.717) is 5.92 Å². The van der Waals surface area contributed by atoms with Crippen LogP contribution in [0.3, 0.4) is 0 Å². The van der Waals surface area contributed by atoms with E-state index in [1.165, 1.54) is 25.9 Å². The first-order chi connectivity index (χ1) is 8.60. The molecular formula is C14H27N3O. The fourth-order valence-electron chi connectivity index (χ4n) is 2.96. The van der Waals surface area contributed by atoms with Crippen LogP contribution in [-0.2, 0) is 4.79 Å². The first kappa shape index (κ1) is 13.8. The Kier molecular flexibility index (Phi) is 4.62. The minimum absolute atomic E-state index is 0.187. The van der Waals surface area contributed by atoms with Crippen molar-refractivity contribution < 1.29 is 4.79 Å². The summed E-state index contributed by atoms with van der Waals surface area (Å²) in [5, 5.41) is 6.40. The SMILES string of the molecule is CC(CNC(=O)C1(C)CCNC1)CN1CCCC1. The molecule has 4 heteroatoms. The monoisotopic (exact) mass is 253 g/mol. The summed E-state index contributed by atoms with van der Waals surface area (Å²) in [6.45, 7) is 10.5. The zero-order valence-corrected chi connectivity index (χ0v) is 11.8.